The summed E-state index contributed by atoms with van der Waals surface area (Å²) in [5, 5.41) is 0. The Labute approximate surface area is 110 Å². The van der Waals surface area contributed by atoms with Crippen molar-refractivity contribution in [3.8, 4) is 5.75 Å². The predicted molar refractivity (Wildman–Crippen MR) is 58.1 cm³/mol. The number of halogens is 5. The summed E-state index contributed by atoms with van der Waals surface area (Å²) in [6.07, 6.45) is -13.9. The Morgan fingerprint density at radius 2 is 1.70 bits per heavy atom. The first-order valence-corrected chi connectivity index (χ1v) is 5.18. The topological polar surface area (TPSA) is 35.5 Å². The summed E-state index contributed by atoms with van der Waals surface area (Å²) in [7, 11) is 0. The maximum Gasteiger partial charge on any atom is 0.442 e. The van der Waals surface area contributed by atoms with E-state index in [1.165, 1.54) is 18.2 Å². The number of hydrogen-bond acceptors (Lipinski definition) is 3. The maximum absolute atomic E-state index is 13.3. The molecule has 1 unspecified atom stereocenters. The van der Waals surface area contributed by atoms with Crippen LogP contribution in [0.5, 0.6) is 5.75 Å². The second kappa shape index (κ2) is 5.89. The van der Waals surface area contributed by atoms with Crippen molar-refractivity contribution in [1.29, 1.82) is 0 Å². The van der Waals surface area contributed by atoms with Gasteiger partial charge in [0.1, 0.15) is 5.75 Å². The first-order chi connectivity index (χ1) is 9.19. The minimum absolute atomic E-state index is 0.289. The number of esters is 1. The second-order valence-corrected chi connectivity index (χ2v) is 3.53. The van der Waals surface area contributed by atoms with E-state index in [-0.39, 0.29) is 6.08 Å². The summed E-state index contributed by atoms with van der Waals surface area (Å²) < 4.78 is 72.9. The highest BCUT2D eigenvalue weighted by molar-refractivity contribution is 5.81. The van der Waals surface area contributed by atoms with Crippen LogP contribution >= 0.6 is 0 Å². The number of carbonyl (C=O) groups is 1. The molecule has 1 rings (SSSR count). The van der Waals surface area contributed by atoms with Crippen LogP contribution in [0.25, 0.3) is 0 Å². The molecule has 0 N–H and O–H groups in total. The van der Waals surface area contributed by atoms with Crippen molar-refractivity contribution in [1.82, 2.24) is 0 Å². The van der Waals surface area contributed by atoms with E-state index in [9.17, 15) is 26.7 Å². The van der Waals surface area contributed by atoms with Crippen LogP contribution in [0.2, 0.25) is 0 Å². The van der Waals surface area contributed by atoms with Gasteiger partial charge in [-0.1, -0.05) is 24.8 Å². The Morgan fingerprint density at radius 1 is 1.15 bits per heavy atom. The van der Waals surface area contributed by atoms with Crippen molar-refractivity contribution in [3.63, 3.8) is 0 Å². The van der Waals surface area contributed by atoms with Crippen LogP contribution in [0.4, 0.5) is 22.0 Å². The molecule has 0 amide bonds. The average molecular weight is 296 g/mol. The fraction of sp³-hybridized carbons (Fsp3) is 0.250. The van der Waals surface area contributed by atoms with E-state index in [4.69, 9.17) is 0 Å². The molecule has 3 nitrogen and oxygen atoms in total. The van der Waals surface area contributed by atoms with Crippen LogP contribution in [-0.4, -0.2) is 24.4 Å². The van der Waals surface area contributed by atoms with Crippen LogP contribution in [0.1, 0.15) is 0 Å². The maximum atomic E-state index is 13.3. The molecule has 0 aliphatic heterocycles. The highest BCUT2D eigenvalue weighted by Gasteiger charge is 2.61. The molecule has 1 atom stereocenters. The summed E-state index contributed by atoms with van der Waals surface area (Å²) in [6.45, 7) is 2.78. The summed E-state index contributed by atoms with van der Waals surface area (Å²) in [5.74, 6) is -2.26. The zero-order valence-electron chi connectivity index (χ0n) is 9.86. The van der Waals surface area contributed by atoms with E-state index in [1.807, 2.05) is 0 Å². The highest BCUT2D eigenvalue weighted by atomic mass is 19.3. The summed E-state index contributed by atoms with van der Waals surface area (Å²) in [6, 6.07) is 6.07. The Balaban J connectivity index is 2.84. The van der Waals surface area contributed by atoms with Gasteiger partial charge in [0.15, 0.2) is 0 Å². The van der Waals surface area contributed by atoms with Gasteiger partial charge in [0.25, 0.3) is 0 Å². The first kappa shape index (κ1) is 15.9. The van der Waals surface area contributed by atoms with Gasteiger partial charge in [0.05, 0.1) is 0 Å². The fourth-order valence-electron chi connectivity index (χ4n) is 1.12. The molecular weight excluding hydrogens is 287 g/mol. The third-order valence-corrected chi connectivity index (χ3v) is 1.99. The minimum Gasteiger partial charge on any atom is -0.430 e. The van der Waals surface area contributed by atoms with Crippen molar-refractivity contribution >= 4 is 5.97 Å². The van der Waals surface area contributed by atoms with Gasteiger partial charge >= 0.3 is 24.4 Å². The average Bonchev–Trinajstić information content (AvgIpc) is 2.37. The number of benzene rings is 1. The number of ether oxygens (including phenoxy) is 2. The lowest BCUT2D eigenvalue weighted by Crippen LogP contribution is -2.49. The molecule has 8 heteroatoms. The lowest BCUT2D eigenvalue weighted by molar-refractivity contribution is -0.333. The number of carbonyl (C=O) groups excluding carboxylic acids is 1. The molecule has 0 aromatic heterocycles. The molecular formula is C12H9F5O3. The van der Waals surface area contributed by atoms with Gasteiger partial charge < -0.3 is 9.47 Å². The van der Waals surface area contributed by atoms with Crippen LogP contribution < -0.4 is 4.74 Å². The van der Waals surface area contributed by atoms with E-state index in [1.54, 1.807) is 0 Å². The molecule has 110 valence electrons. The molecule has 20 heavy (non-hydrogen) atoms. The summed E-state index contributed by atoms with van der Waals surface area (Å²) in [5.41, 5.74) is 0. The second-order valence-electron chi connectivity index (χ2n) is 3.53. The summed E-state index contributed by atoms with van der Waals surface area (Å²) >= 11 is 0. The standard InChI is InChI=1S/C12H9F5O3/c1-2-9(18)20-12(16,17)10(13)11(14,15)19-8-6-4-3-5-7-8/h2-7,10H,1H2. The van der Waals surface area contributed by atoms with E-state index in [0.717, 1.165) is 12.1 Å². The zero-order valence-corrected chi connectivity index (χ0v) is 9.86. The van der Waals surface area contributed by atoms with Gasteiger partial charge in [-0.15, -0.1) is 0 Å². The first-order valence-electron chi connectivity index (χ1n) is 5.18. The van der Waals surface area contributed by atoms with E-state index in [0.29, 0.717) is 0 Å². The normalized spacial score (nSPS) is 13.4. The SMILES string of the molecule is C=CC(=O)OC(F)(F)C(F)C(F)(F)Oc1ccccc1. The van der Waals surface area contributed by atoms with Crippen molar-refractivity contribution in [2.24, 2.45) is 0 Å². The van der Waals surface area contributed by atoms with Gasteiger partial charge in [0.2, 0.25) is 0 Å². The van der Waals surface area contributed by atoms with Gasteiger partial charge in [-0.3, -0.25) is 0 Å². The third kappa shape index (κ3) is 3.94. The van der Waals surface area contributed by atoms with Gasteiger partial charge in [-0.25, -0.2) is 9.18 Å². The molecule has 0 saturated carbocycles. The fourth-order valence-corrected chi connectivity index (χ4v) is 1.12. The number of alkyl halides is 5. The van der Waals surface area contributed by atoms with Crippen molar-refractivity contribution in [2.45, 2.75) is 18.4 Å². The molecule has 0 saturated heterocycles. The van der Waals surface area contributed by atoms with Crippen molar-refractivity contribution in [2.75, 3.05) is 0 Å². The number of rotatable bonds is 6. The number of para-hydroxylation sites is 1. The molecule has 0 radical (unpaired) electrons. The molecule has 0 spiro atoms. The van der Waals surface area contributed by atoms with Crippen LogP contribution in [0.3, 0.4) is 0 Å². The Kier molecular flexibility index (Phi) is 4.69. The van der Waals surface area contributed by atoms with E-state index < -0.39 is 30.1 Å². The Bertz CT molecular complexity index is 475. The minimum atomic E-state index is -5.07. The van der Waals surface area contributed by atoms with Crippen LogP contribution in [0, 0.1) is 0 Å². The van der Waals surface area contributed by atoms with Crippen molar-refractivity contribution < 1.29 is 36.2 Å². The Morgan fingerprint density at radius 3 is 2.20 bits per heavy atom. The van der Waals surface area contributed by atoms with Crippen LogP contribution in [-0.2, 0) is 9.53 Å². The van der Waals surface area contributed by atoms with Gasteiger partial charge in [-0.2, -0.15) is 17.6 Å². The molecule has 1 aromatic rings. The molecule has 1 aromatic carbocycles. The monoisotopic (exact) mass is 296 g/mol. The highest BCUT2D eigenvalue weighted by Crippen LogP contribution is 2.36. The molecule has 0 aliphatic rings. The van der Waals surface area contributed by atoms with Gasteiger partial charge in [-0.05, 0) is 12.1 Å². The predicted octanol–water partition coefficient (Wildman–Crippen LogP) is 3.32. The number of hydrogen-bond donors (Lipinski definition) is 0. The summed E-state index contributed by atoms with van der Waals surface area (Å²) in [4.78, 5) is 10.5. The smallest absolute Gasteiger partial charge is 0.430 e. The Hall–Kier alpha value is -2.12. The van der Waals surface area contributed by atoms with Crippen molar-refractivity contribution in [3.05, 3.63) is 43.0 Å². The quantitative estimate of drug-likeness (QED) is 0.459. The molecule has 0 bridgehead atoms. The van der Waals surface area contributed by atoms with E-state index >= 15 is 0 Å². The van der Waals surface area contributed by atoms with Crippen LogP contribution in [0.15, 0.2) is 43.0 Å². The molecule has 0 aliphatic carbocycles. The third-order valence-electron chi connectivity index (χ3n) is 1.99. The largest absolute Gasteiger partial charge is 0.442 e. The van der Waals surface area contributed by atoms with Gasteiger partial charge in [0, 0.05) is 6.08 Å². The molecule has 0 fully saturated rings. The van der Waals surface area contributed by atoms with E-state index in [2.05, 4.69) is 16.1 Å². The zero-order chi connectivity index (χ0) is 15.4. The lowest BCUT2D eigenvalue weighted by atomic mass is 10.3. The lowest BCUT2D eigenvalue weighted by Gasteiger charge is -2.26. The molecule has 0 heterocycles.